The molecular formula is C28H31N5O6S. The van der Waals surface area contributed by atoms with E-state index >= 15 is 0 Å². The third-order valence-corrected chi connectivity index (χ3v) is 8.43. The molecule has 3 aromatic rings. The van der Waals surface area contributed by atoms with Crippen molar-refractivity contribution in [3.05, 3.63) is 93.0 Å². The van der Waals surface area contributed by atoms with Crippen LogP contribution in [-0.2, 0) is 19.6 Å². The van der Waals surface area contributed by atoms with Gasteiger partial charge in [0.1, 0.15) is 6.54 Å². The molecule has 0 radical (unpaired) electrons. The van der Waals surface area contributed by atoms with Crippen LogP contribution in [0.3, 0.4) is 0 Å². The lowest BCUT2D eigenvalue weighted by atomic mass is 10.1. The lowest BCUT2D eigenvalue weighted by molar-refractivity contribution is -0.384. The van der Waals surface area contributed by atoms with Gasteiger partial charge in [0.25, 0.3) is 21.6 Å². The molecule has 0 aromatic heterocycles. The largest absolute Gasteiger partial charge is 0.378 e. The number of nitrogens with one attached hydrogen (secondary N) is 1. The fourth-order valence-electron chi connectivity index (χ4n) is 4.22. The summed E-state index contributed by atoms with van der Waals surface area (Å²) in [6.45, 7) is 7.36. The molecule has 3 aromatic carbocycles. The maximum absolute atomic E-state index is 13.6. The van der Waals surface area contributed by atoms with Crippen molar-refractivity contribution >= 4 is 39.2 Å². The second-order valence-corrected chi connectivity index (χ2v) is 11.3. The molecule has 0 aliphatic carbocycles. The number of nitrogens with zero attached hydrogens (tertiary/aromatic N) is 4. The predicted octanol–water partition coefficient (Wildman–Crippen LogP) is 3.70. The quantitative estimate of drug-likeness (QED) is 0.237. The summed E-state index contributed by atoms with van der Waals surface area (Å²) < 4.78 is 33.7. The van der Waals surface area contributed by atoms with Crippen molar-refractivity contribution in [1.29, 1.82) is 0 Å². The standard InChI is InChI=1S/C28H31N5O6S/c1-20-4-9-26(10-5-20)40(37,38)32(24-7-6-21(2)22(3)16-24)19-28(34)30-29-18-23-17-25(33(35)36)8-11-27(23)31-12-14-39-15-13-31/h4-11,16-18H,12-15,19H2,1-3H3,(H,30,34)/b29-18+. The first-order valence-electron chi connectivity index (χ1n) is 12.7. The molecule has 1 heterocycles. The van der Waals surface area contributed by atoms with Crippen molar-refractivity contribution in [3.63, 3.8) is 0 Å². The number of sulfonamides is 1. The van der Waals surface area contributed by atoms with E-state index in [-0.39, 0.29) is 10.6 Å². The Morgan fingerprint density at radius 3 is 2.40 bits per heavy atom. The number of morpholine rings is 1. The van der Waals surface area contributed by atoms with Gasteiger partial charge in [-0.15, -0.1) is 0 Å². The average Bonchev–Trinajstić information content (AvgIpc) is 2.94. The van der Waals surface area contributed by atoms with Crippen LogP contribution in [0, 0.1) is 30.9 Å². The van der Waals surface area contributed by atoms with E-state index < -0.39 is 27.4 Å². The van der Waals surface area contributed by atoms with Crippen LogP contribution >= 0.6 is 0 Å². The molecule has 4 rings (SSSR count). The molecule has 0 bridgehead atoms. The highest BCUT2D eigenvalue weighted by molar-refractivity contribution is 7.92. The van der Waals surface area contributed by atoms with E-state index in [2.05, 4.69) is 10.5 Å². The van der Waals surface area contributed by atoms with E-state index in [1.54, 1.807) is 36.4 Å². The van der Waals surface area contributed by atoms with Gasteiger partial charge < -0.3 is 9.64 Å². The van der Waals surface area contributed by atoms with Crippen LogP contribution in [0.5, 0.6) is 0 Å². The van der Waals surface area contributed by atoms with Gasteiger partial charge in [0.15, 0.2) is 0 Å². The summed E-state index contributed by atoms with van der Waals surface area (Å²) in [5, 5.41) is 15.4. The van der Waals surface area contributed by atoms with Gasteiger partial charge >= 0.3 is 0 Å². The first-order valence-corrected chi connectivity index (χ1v) is 14.1. The summed E-state index contributed by atoms with van der Waals surface area (Å²) in [7, 11) is -4.08. The summed E-state index contributed by atoms with van der Waals surface area (Å²) in [4.78, 5) is 25.9. The van der Waals surface area contributed by atoms with Gasteiger partial charge in [-0.05, 0) is 62.2 Å². The van der Waals surface area contributed by atoms with Crippen LogP contribution in [0.15, 0.2) is 70.7 Å². The molecule has 1 amide bonds. The van der Waals surface area contributed by atoms with E-state index in [0.29, 0.717) is 43.2 Å². The first-order chi connectivity index (χ1) is 19.1. The number of amides is 1. The Morgan fingerprint density at radius 2 is 1.75 bits per heavy atom. The number of aryl methyl sites for hydroxylation is 3. The third-order valence-electron chi connectivity index (χ3n) is 6.64. The Labute approximate surface area is 233 Å². The van der Waals surface area contributed by atoms with Crippen molar-refractivity contribution in [2.75, 3.05) is 42.1 Å². The number of benzene rings is 3. The number of hydrogen-bond donors (Lipinski definition) is 1. The van der Waals surface area contributed by atoms with Gasteiger partial charge in [0.2, 0.25) is 0 Å². The molecule has 1 aliphatic rings. The van der Waals surface area contributed by atoms with E-state index in [0.717, 1.165) is 21.0 Å². The van der Waals surface area contributed by atoms with Crippen molar-refractivity contribution in [2.24, 2.45) is 5.10 Å². The van der Waals surface area contributed by atoms with Crippen LogP contribution in [0.25, 0.3) is 0 Å². The van der Waals surface area contributed by atoms with Gasteiger partial charge in [-0.3, -0.25) is 19.2 Å². The molecule has 40 heavy (non-hydrogen) atoms. The fraction of sp³-hybridized carbons (Fsp3) is 0.286. The van der Waals surface area contributed by atoms with Crippen LogP contribution in [0.4, 0.5) is 17.1 Å². The molecule has 1 fully saturated rings. The van der Waals surface area contributed by atoms with Crippen LogP contribution in [0.2, 0.25) is 0 Å². The minimum absolute atomic E-state index is 0.0550. The molecule has 0 unspecified atom stereocenters. The summed E-state index contributed by atoms with van der Waals surface area (Å²) >= 11 is 0. The number of non-ortho nitro benzene ring substituents is 1. The van der Waals surface area contributed by atoms with Crippen molar-refractivity contribution in [1.82, 2.24) is 5.43 Å². The normalized spacial score (nSPS) is 13.8. The Kier molecular flexibility index (Phi) is 8.80. The predicted molar refractivity (Wildman–Crippen MR) is 153 cm³/mol. The maximum atomic E-state index is 13.6. The molecule has 210 valence electrons. The zero-order valence-corrected chi connectivity index (χ0v) is 23.3. The van der Waals surface area contributed by atoms with Crippen molar-refractivity contribution in [3.8, 4) is 0 Å². The number of hydrazone groups is 1. The van der Waals surface area contributed by atoms with E-state index in [1.807, 2.05) is 25.7 Å². The van der Waals surface area contributed by atoms with Crippen LogP contribution in [-0.4, -0.2) is 58.3 Å². The maximum Gasteiger partial charge on any atom is 0.270 e. The van der Waals surface area contributed by atoms with Gasteiger partial charge in [-0.25, -0.2) is 13.8 Å². The molecule has 11 nitrogen and oxygen atoms in total. The highest BCUT2D eigenvalue weighted by Crippen LogP contribution is 2.27. The van der Waals surface area contributed by atoms with Crippen LogP contribution in [0.1, 0.15) is 22.3 Å². The number of rotatable bonds is 9. The number of nitro groups is 1. The highest BCUT2D eigenvalue weighted by atomic mass is 32.2. The van der Waals surface area contributed by atoms with Gasteiger partial charge in [0.05, 0.1) is 34.9 Å². The van der Waals surface area contributed by atoms with E-state index in [4.69, 9.17) is 4.74 Å². The minimum Gasteiger partial charge on any atom is -0.378 e. The number of anilines is 2. The molecule has 0 spiro atoms. The molecule has 0 saturated carbocycles. The minimum atomic E-state index is -4.08. The Bertz CT molecular complexity index is 1530. The number of carbonyl (C=O) groups is 1. The second kappa shape index (κ2) is 12.3. The smallest absolute Gasteiger partial charge is 0.270 e. The average molecular weight is 566 g/mol. The van der Waals surface area contributed by atoms with Crippen molar-refractivity contribution in [2.45, 2.75) is 25.7 Å². The zero-order valence-electron chi connectivity index (χ0n) is 22.5. The molecule has 0 atom stereocenters. The number of carbonyl (C=O) groups excluding carboxylic acids is 1. The summed E-state index contributed by atoms with van der Waals surface area (Å²) in [6, 6.07) is 16.0. The Morgan fingerprint density at radius 1 is 1.05 bits per heavy atom. The van der Waals surface area contributed by atoms with Gasteiger partial charge in [0, 0.05) is 36.5 Å². The SMILES string of the molecule is Cc1ccc(S(=O)(=O)N(CC(=O)N/N=C/c2cc([N+](=O)[O-])ccc2N2CCOCC2)c2ccc(C)c(C)c2)cc1. The summed E-state index contributed by atoms with van der Waals surface area (Å²) in [6.07, 6.45) is 1.32. The fourth-order valence-corrected chi connectivity index (χ4v) is 5.64. The lowest BCUT2D eigenvalue weighted by Gasteiger charge is -2.29. The molecule has 1 aliphatic heterocycles. The van der Waals surface area contributed by atoms with Crippen LogP contribution < -0.4 is 14.6 Å². The Hall–Kier alpha value is -4.29. The summed E-state index contributed by atoms with van der Waals surface area (Å²) in [5.41, 5.74) is 6.53. The second-order valence-electron chi connectivity index (χ2n) is 9.49. The van der Waals surface area contributed by atoms with Crippen molar-refractivity contribution < 1.29 is 22.9 Å². The van der Waals surface area contributed by atoms with Gasteiger partial charge in [-0.2, -0.15) is 5.10 Å². The summed E-state index contributed by atoms with van der Waals surface area (Å²) in [5.74, 6) is -0.677. The first kappa shape index (κ1) is 28.7. The van der Waals surface area contributed by atoms with E-state index in [1.165, 1.54) is 30.5 Å². The topological polar surface area (TPSA) is 134 Å². The Balaban J connectivity index is 1.59. The monoisotopic (exact) mass is 565 g/mol. The number of hydrogen-bond acceptors (Lipinski definition) is 8. The zero-order chi connectivity index (χ0) is 28.9. The lowest BCUT2D eigenvalue weighted by Crippen LogP contribution is -2.39. The molecule has 1 N–H and O–H groups in total. The highest BCUT2D eigenvalue weighted by Gasteiger charge is 2.27. The number of nitro benzene ring substituents is 1. The molecule has 1 saturated heterocycles. The molecule has 12 heteroatoms. The molecular weight excluding hydrogens is 534 g/mol. The number of ether oxygens (including phenoxy) is 1. The van der Waals surface area contributed by atoms with E-state index in [9.17, 15) is 23.3 Å². The third kappa shape index (κ3) is 6.64. The van der Waals surface area contributed by atoms with Gasteiger partial charge in [-0.1, -0.05) is 23.8 Å².